The number of allylic oxidation sites excluding steroid dienone is 2. The Morgan fingerprint density at radius 1 is 1.31 bits per heavy atom. The Labute approximate surface area is 152 Å². The van der Waals surface area contributed by atoms with Crippen molar-refractivity contribution in [3.05, 3.63) is 58.8 Å². The first-order valence-corrected chi connectivity index (χ1v) is 7.82. The van der Waals surface area contributed by atoms with E-state index >= 15 is 0 Å². The van der Waals surface area contributed by atoms with Gasteiger partial charge in [0.2, 0.25) is 0 Å². The molecule has 26 heavy (non-hydrogen) atoms. The zero-order valence-electron chi connectivity index (χ0n) is 13.7. The van der Waals surface area contributed by atoms with Crippen LogP contribution in [0.2, 0.25) is 5.02 Å². The average Bonchev–Trinajstić information content (AvgIpc) is 2.58. The van der Waals surface area contributed by atoms with Crippen LogP contribution in [0.3, 0.4) is 0 Å². The third-order valence-corrected chi connectivity index (χ3v) is 4.05. The lowest BCUT2D eigenvalue weighted by molar-refractivity contribution is -0.202. The molecule has 0 aromatic heterocycles. The Balaban J connectivity index is 2.29. The maximum atomic E-state index is 13.9. The zero-order chi connectivity index (χ0) is 19.1. The number of fused-ring (bicyclic) bond motifs is 1. The number of benzene rings is 1. The van der Waals surface area contributed by atoms with Gasteiger partial charge in [-0.25, -0.2) is 14.8 Å². The highest BCUT2D eigenvalue weighted by molar-refractivity contribution is 6.31. The van der Waals surface area contributed by atoms with Crippen LogP contribution in [0.5, 0.6) is 0 Å². The third kappa shape index (κ3) is 2.90. The SMILES string of the molecule is COC(=O)[C@]1(C(F)(F)F)N=C2C=C(C)C=CN2C(c2cccc(Cl)c2)=N1. The number of aliphatic imine (C=N–C) groups is 2. The van der Waals surface area contributed by atoms with E-state index in [1.807, 2.05) is 0 Å². The zero-order valence-corrected chi connectivity index (χ0v) is 14.5. The summed E-state index contributed by atoms with van der Waals surface area (Å²) in [4.78, 5) is 20.8. The first-order valence-electron chi connectivity index (χ1n) is 7.44. The third-order valence-electron chi connectivity index (χ3n) is 3.81. The number of nitrogens with zero attached hydrogens (tertiary/aromatic N) is 3. The van der Waals surface area contributed by atoms with Gasteiger partial charge < -0.3 is 4.74 Å². The van der Waals surface area contributed by atoms with Gasteiger partial charge in [-0.15, -0.1) is 0 Å². The second-order valence-electron chi connectivity index (χ2n) is 5.65. The number of alkyl halides is 3. The number of carbonyl (C=O) groups is 1. The summed E-state index contributed by atoms with van der Waals surface area (Å²) in [6.45, 7) is 1.70. The topological polar surface area (TPSA) is 54.3 Å². The molecule has 2 aliphatic heterocycles. The predicted molar refractivity (Wildman–Crippen MR) is 91.0 cm³/mol. The summed E-state index contributed by atoms with van der Waals surface area (Å²) in [5.74, 6) is -1.80. The molecule has 3 rings (SSSR count). The van der Waals surface area contributed by atoms with Crippen LogP contribution in [-0.2, 0) is 9.53 Å². The molecule has 0 radical (unpaired) electrons. The molecule has 0 saturated heterocycles. The number of rotatable bonds is 2. The van der Waals surface area contributed by atoms with Gasteiger partial charge in [0.15, 0.2) is 0 Å². The number of ether oxygens (including phenoxy) is 1. The summed E-state index contributed by atoms with van der Waals surface area (Å²) in [5, 5.41) is 0.317. The van der Waals surface area contributed by atoms with Gasteiger partial charge in [0.25, 0.3) is 0 Å². The Morgan fingerprint density at radius 2 is 2.04 bits per heavy atom. The first-order chi connectivity index (χ1) is 12.2. The lowest BCUT2D eigenvalue weighted by atomic mass is 10.1. The number of amidine groups is 2. The fraction of sp³-hybridized carbons (Fsp3) is 0.235. The molecule has 0 saturated carbocycles. The molecule has 2 heterocycles. The number of carbonyl (C=O) groups excluding carboxylic acids is 1. The second kappa shape index (κ2) is 6.28. The first kappa shape index (κ1) is 18.2. The largest absolute Gasteiger partial charge is 0.465 e. The molecule has 136 valence electrons. The Hall–Kier alpha value is -2.61. The van der Waals surface area contributed by atoms with Gasteiger partial charge in [-0.2, -0.15) is 13.2 Å². The van der Waals surface area contributed by atoms with Crippen LogP contribution in [0.25, 0.3) is 0 Å². The van der Waals surface area contributed by atoms with Crippen LogP contribution < -0.4 is 0 Å². The Kier molecular flexibility index (Phi) is 4.39. The van der Waals surface area contributed by atoms with E-state index < -0.39 is 17.8 Å². The van der Waals surface area contributed by atoms with E-state index in [0.29, 0.717) is 16.2 Å². The Bertz CT molecular complexity index is 889. The number of methoxy groups -OCH3 is 1. The standard InChI is InChI=1S/C17H13ClF3N3O2/c1-10-6-7-24-13(8-10)22-16(15(25)26-2,17(19,20)21)23-14(24)11-4-3-5-12(18)9-11/h3-9H,1-2H3/t16-/m0/s1. The molecule has 2 aliphatic rings. The van der Waals surface area contributed by atoms with E-state index in [4.69, 9.17) is 11.6 Å². The van der Waals surface area contributed by atoms with E-state index in [2.05, 4.69) is 14.7 Å². The monoisotopic (exact) mass is 383 g/mol. The van der Waals surface area contributed by atoms with Gasteiger partial charge in [0.05, 0.1) is 7.11 Å². The van der Waals surface area contributed by atoms with Crippen molar-refractivity contribution in [1.82, 2.24) is 4.90 Å². The molecular weight excluding hydrogens is 371 g/mol. The molecule has 1 atom stereocenters. The summed E-state index contributed by atoms with van der Waals surface area (Å²) < 4.78 is 46.0. The summed E-state index contributed by atoms with van der Waals surface area (Å²) >= 11 is 5.97. The number of esters is 1. The minimum atomic E-state index is -5.09. The van der Waals surface area contributed by atoms with Gasteiger partial charge in [0, 0.05) is 16.8 Å². The van der Waals surface area contributed by atoms with Gasteiger partial charge in [-0.3, -0.25) is 4.90 Å². The van der Waals surface area contributed by atoms with Crippen LogP contribution in [-0.4, -0.2) is 41.5 Å². The molecule has 0 fully saturated rings. The number of hydrogen-bond donors (Lipinski definition) is 0. The molecule has 0 spiro atoms. The highest BCUT2D eigenvalue weighted by Gasteiger charge is 2.64. The van der Waals surface area contributed by atoms with Crippen LogP contribution in [0, 0.1) is 0 Å². The number of halogens is 4. The molecule has 5 nitrogen and oxygen atoms in total. The lowest BCUT2D eigenvalue weighted by Gasteiger charge is -2.36. The van der Waals surface area contributed by atoms with Crippen molar-refractivity contribution in [3.8, 4) is 0 Å². The van der Waals surface area contributed by atoms with Gasteiger partial charge in [0.1, 0.15) is 11.7 Å². The normalized spacial score (nSPS) is 22.2. The summed E-state index contributed by atoms with van der Waals surface area (Å²) in [7, 11) is 0.860. The molecule has 0 amide bonds. The fourth-order valence-electron chi connectivity index (χ4n) is 2.56. The van der Waals surface area contributed by atoms with E-state index in [9.17, 15) is 18.0 Å². The van der Waals surface area contributed by atoms with Crippen molar-refractivity contribution >= 4 is 29.2 Å². The van der Waals surface area contributed by atoms with Gasteiger partial charge >= 0.3 is 17.8 Å². The number of hydrogen-bond acceptors (Lipinski definition) is 5. The van der Waals surface area contributed by atoms with Crippen LogP contribution in [0.1, 0.15) is 12.5 Å². The quantitative estimate of drug-likeness (QED) is 0.732. The fourth-order valence-corrected chi connectivity index (χ4v) is 2.75. The molecule has 0 bridgehead atoms. The summed E-state index contributed by atoms with van der Waals surface area (Å²) in [6, 6.07) is 6.16. The van der Waals surface area contributed by atoms with Crippen molar-refractivity contribution in [2.75, 3.05) is 7.11 Å². The van der Waals surface area contributed by atoms with Crippen LogP contribution >= 0.6 is 11.6 Å². The average molecular weight is 384 g/mol. The predicted octanol–water partition coefficient (Wildman–Crippen LogP) is 3.71. The minimum absolute atomic E-state index is 0.0716. The van der Waals surface area contributed by atoms with Crippen molar-refractivity contribution in [2.45, 2.75) is 18.8 Å². The van der Waals surface area contributed by atoms with Crippen LogP contribution in [0.4, 0.5) is 13.2 Å². The van der Waals surface area contributed by atoms with Crippen LogP contribution in [0.15, 0.2) is 58.2 Å². The van der Waals surface area contributed by atoms with Gasteiger partial charge in [-0.1, -0.05) is 23.7 Å². The lowest BCUT2D eigenvalue weighted by Crippen LogP contribution is -2.55. The highest BCUT2D eigenvalue weighted by Crippen LogP contribution is 2.40. The minimum Gasteiger partial charge on any atom is -0.465 e. The molecule has 0 aliphatic carbocycles. The molecule has 1 aromatic rings. The van der Waals surface area contributed by atoms with E-state index in [1.165, 1.54) is 23.2 Å². The van der Waals surface area contributed by atoms with Crippen molar-refractivity contribution < 1.29 is 22.7 Å². The summed E-state index contributed by atoms with van der Waals surface area (Å²) in [5.41, 5.74) is -2.40. The van der Waals surface area contributed by atoms with E-state index in [-0.39, 0.29) is 11.7 Å². The molecule has 9 heteroatoms. The van der Waals surface area contributed by atoms with E-state index in [1.54, 1.807) is 31.2 Å². The van der Waals surface area contributed by atoms with Gasteiger partial charge in [-0.05, 0) is 36.8 Å². The smallest absolute Gasteiger partial charge is 0.445 e. The highest BCUT2D eigenvalue weighted by atomic mass is 35.5. The molecule has 0 N–H and O–H groups in total. The van der Waals surface area contributed by atoms with Crippen molar-refractivity contribution in [1.29, 1.82) is 0 Å². The van der Waals surface area contributed by atoms with Crippen molar-refractivity contribution in [3.63, 3.8) is 0 Å². The van der Waals surface area contributed by atoms with E-state index in [0.717, 1.165) is 7.11 Å². The molecular formula is C17H13ClF3N3O2. The Morgan fingerprint density at radius 3 is 2.65 bits per heavy atom. The maximum absolute atomic E-state index is 13.9. The molecule has 0 unspecified atom stereocenters. The maximum Gasteiger partial charge on any atom is 0.445 e. The van der Waals surface area contributed by atoms with Crippen molar-refractivity contribution in [2.24, 2.45) is 9.98 Å². The second-order valence-corrected chi connectivity index (χ2v) is 6.09. The molecule has 1 aromatic carbocycles. The summed E-state index contributed by atoms with van der Waals surface area (Å²) in [6.07, 6.45) is -0.433.